The summed E-state index contributed by atoms with van der Waals surface area (Å²) in [6.45, 7) is 1.82. The maximum atomic E-state index is 12.3. The highest BCUT2D eigenvalue weighted by Gasteiger charge is 2.22. The summed E-state index contributed by atoms with van der Waals surface area (Å²) in [7, 11) is -3.83. The van der Waals surface area contributed by atoms with Crippen LogP contribution in [0.1, 0.15) is 35.6 Å². The quantitative estimate of drug-likeness (QED) is 0.749. The number of hydrogen-bond donors (Lipinski definition) is 3. The summed E-state index contributed by atoms with van der Waals surface area (Å²) in [6, 6.07) is 4.71. The van der Waals surface area contributed by atoms with Gasteiger partial charge in [-0.2, -0.15) is 0 Å². The number of hydrogen-bond acceptors (Lipinski definition) is 4. The van der Waals surface area contributed by atoms with E-state index in [0.29, 0.717) is 12.2 Å². The van der Waals surface area contributed by atoms with Gasteiger partial charge in [-0.3, -0.25) is 0 Å². The second-order valence-corrected chi connectivity index (χ2v) is 6.10. The summed E-state index contributed by atoms with van der Waals surface area (Å²) in [4.78, 5) is 17.7. The first kappa shape index (κ1) is 15.2. The number of carboxylic acids is 1. The number of rotatable bonds is 6. The van der Waals surface area contributed by atoms with E-state index >= 15 is 0 Å². The molecule has 0 saturated heterocycles. The van der Waals surface area contributed by atoms with E-state index in [1.54, 1.807) is 6.20 Å². The first-order chi connectivity index (χ1) is 9.94. The summed E-state index contributed by atoms with van der Waals surface area (Å²) in [5.41, 5.74) is -0.0797. The molecule has 1 aromatic carbocycles. The van der Waals surface area contributed by atoms with E-state index in [-0.39, 0.29) is 10.5 Å². The molecule has 1 unspecified atom stereocenters. The number of aromatic nitrogens is 2. The highest BCUT2D eigenvalue weighted by molar-refractivity contribution is 7.89. The number of aromatic amines is 1. The van der Waals surface area contributed by atoms with E-state index < -0.39 is 22.0 Å². The van der Waals surface area contributed by atoms with E-state index in [9.17, 15) is 13.2 Å². The maximum Gasteiger partial charge on any atom is 0.335 e. The number of benzene rings is 1. The van der Waals surface area contributed by atoms with Gasteiger partial charge in [0, 0.05) is 12.4 Å². The number of carboxylic acid groups (broad SMARTS) is 1. The van der Waals surface area contributed by atoms with E-state index in [2.05, 4.69) is 14.7 Å². The van der Waals surface area contributed by atoms with Crippen LogP contribution < -0.4 is 4.72 Å². The second-order valence-electron chi connectivity index (χ2n) is 4.39. The molecule has 21 heavy (non-hydrogen) atoms. The van der Waals surface area contributed by atoms with E-state index in [0.717, 1.165) is 6.07 Å². The van der Waals surface area contributed by atoms with Gasteiger partial charge in [-0.05, 0) is 24.6 Å². The summed E-state index contributed by atoms with van der Waals surface area (Å²) in [6.07, 6.45) is 3.65. The zero-order chi connectivity index (χ0) is 15.5. The van der Waals surface area contributed by atoms with Gasteiger partial charge in [0.25, 0.3) is 0 Å². The minimum Gasteiger partial charge on any atom is -0.478 e. The van der Waals surface area contributed by atoms with Crippen molar-refractivity contribution in [3.05, 3.63) is 48.0 Å². The molecule has 0 aliphatic rings. The highest BCUT2D eigenvalue weighted by atomic mass is 32.2. The molecule has 7 nitrogen and oxygen atoms in total. The summed E-state index contributed by atoms with van der Waals surface area (Å²) >= 11 is 0. The molecule has 1 aromatic heterocycles. The molecule has 0 spiro atoms. The first-order valence-electron chi connectivity index (χ1n) is 6.29. The summed E-state index contributed by atoms with van der Waals surface area (Å²) in [5, 5.41) is 8.92. The third-order valence-corrected chi connectivity index (χ3v) is 4.42. The normalized spacial score (nSPS) is 13.0. The van der Waals surface area contributed by atoms with Crippen LogP contribution in [0.4, 0.5) is 0 Å². The van der Waals surface area contributed by atoms with Gasteiger partial charge < -0.3 is 10.1 Å². The Labute approximate surface area is 122 Å². The van der Waals surface area contributed by atoms with Gasteiger partial charge in [-0.15, -0.1) is 0 Å². The molecule has 112 valence electrons. The Morgan fingerprint density at radius 2 is 2.24 bits per heavy atom. The van der Waals surface area contributed by atoms with E-state index in [4.69, 9.17) is 5.11 Å². The van der Waals surface area contributed by atoms with Gasteiger partial charge in [0.15, 0.2) is 0 Å². The number of imidazole rings is 1. The van der Waals surface area contributed by atoms with Gasteiger partial charge in [-0.25, -0.2) is 22.9 Å². The topological polar surface area (TPSA) is 112 Å². The lowest BCUT2D eigenvalue weighted by Crippen LogP contribution is -2.29. The van der Waals surface area contributed by atoms with Gasteiger partial charge in [0.1, 0.15) is 5.82 Å². The van der Waals surface area contributed by atoms with Crippen molar-refractivity contribution in [3.63, 3.8) is 0 Å². The number of aromatic carboxylic acids is 1. The van der Waals surface area contributed by atoms with Crippen LogP contribution in [0.25, 0.3) is 0 Å². The zero-order valence-corrected chi connectivity index (χ0v) is 12.1. The molecule has 0 aliphatic heterocycles. The lowest BCUT2D eigenvalue weighted by atomic mass is 10.2. The molecule has 3 N–H and O–H groups in total. The molecule has 0 aliphatic carbocycles. The van der Waals surface area contributed by atoms with Crippen molar-refractivity contribution in [1.29, 1.82) is 0 Å². The van der Waals surface area contributed by atoms with Gasteiger partial charge in [-0.1, -0.05) is 13.0 Å². The Kier molecular flexibility index (Phi) is 4.39. The van der Waals surface area contributed by atoms with Crippen molar-refractivity contribution in [2.24, 2.45) is 0 Å². The Morgan fingerprint density at radius 3 is 2.81 bits per heavy atom. The fourth-order valence-corrected chi connectivity index (χ4v) is 3.18. The number of H-pyrrole nitrogens is 1. The van der Waals surface area contributed by atoms with Crippen molar-refractivity contribution >= 4 is 16.0 Å². The molecule has 1 heterocycles. The molecule has 8 heteroatoms. The Bertz CT molecular complexity index is 726. The monoisotopic (exact) mass is 309 g/mol. The summed E-state index contributed by atoms with van der Waals surface area (Å²) in [5.74, 6) is -0.666. The largest absolute Gasteiger partial charge is 0.478 e. The average molecular weight is 309 g/mol. The van der Waals surface area contributed by atoms with Crippen LogP contribution in [0, 0.1) is 0 Å². The molecule has 2 rings (SSSR count). The van der Waals surface area contributed by atoms with Gasteiger partial charge in [0.2, 0.25) is 10.0 Å². The fourth-order valence-electron chi connectivity index (χ4n) is 1.85. The third-order valence-electron chi connectivity index (χ3n) is 2.95. The molecule has 0 radical (unpaired) electrons. The second kappa shape index (κ2) is 6.06. The lowest BCUT2D eigenvalue weighted by molar-refractivity contribution is 0.0696. The Morgan fingerprint density at radius 1 is 1.48 bits per heavy atom. The Hall–Kier alpha value is -2.19. The molecular formula is C13H15N3O4S. The van der Waals surface area contributed by atoms with Crippen molar-refractivity contribution in [2.75, 3.05) is 0 Å². The van der Waals surface area contributed by atoms with Crippen molar-refractivity contribution < 1.29 is 18.3 Å². The van der Waals surface area contributed by atoms with E-state index in [1.807, 2.05) is 6.92 Å². The molecular weight excluding hydrogens is 294 g/mol. The standard InChI is InChI=1S/C13H15N3O4S/c1-2-11(12-14-6-7-15-12)16-21(19,20)10-5-3-4-9(8-10)13(17)18/h3-8,11,16H,2H2,1H3,(H,14,15)(H,17,18). The van der Waals surface area contributed by atoms with Gasteiger partial charge in [0.05, 0.1) is 16.5 Å². The third kappa shape index (κ3) is 3.47. The molecule has 0 amide bonds. The lowest BCUT2D eigenvalue weighted by Gasteiger charge is -2.15. The van der Waals surface area contributed by atoms with Crippen LogP contribution in [0.5, 0.6) is 0 Å². The maximum absolute atomic E-state index is 12.3. The van der Waals surface area contributed by atoms with Crippen LogP contribution in [-0.2, 0) is 10.0 Å². The van der Waals surface area contributed by atoms with Crippen molar-refractivity contribution in [3.8, 4) is 0 Å². The van der Waals surface area contributed by atoms with Crippen LogP contribution in [0.3, 0.4) is 0 Å². The average Bonchev–Trinajstić information content (AvgIpc) is 2.99. The van der Waals surface area contributed by atoms with Gasteiger partial charge >= 0.3 is 5.97 Å². The first-order valence-corrected chi connectivity index (χ1v) is 7.77. The zero-order valence-electron chi connectivity index (χ0n) is 11.3. The SMILES string of the molecule is CCC(NS(=O)(=O)c1cccc(C(=O)O)c1)c1ncc[nH]1. The number of nitrogens with zero attached hydrogens (tertiary/aromatic N) is 1. The smallest absolute Gasteiger partial charge is 0.335 e. The molecule has 0 fully saturated rings. The minimum atomic E-state index is -3.83. The molecule has 2 aromatic rings. The molecule has 1 atom stereocenters. The molecule has 0 saturated carbocycles. The van der Waals surface area contributed by atoms with Crippen molar-refractivity contribution in [2.45, 2.75) is 24.3 Å². The highest BCUT2D eigenvalue weighted by Crippen LogP contribution is 2.18. The van der Waals surface area contributed by atoms with Crippen LogP contribution >= 0.6 is 0 Å². The predicted octanol–water partition coefficient (Wildman–Crippen LogP) is 1.54. The van der Waals surface area contributed by atoms with Crippen LogP contribution in [-0.4, -0.2) is 29.5 Å². The summed E-state index contributed by atoms with van der Waals surface area (Å²) < 4.78 is 27.2. The number of sulfonamides is 1. The van der Waals surface area contributed by atoms with E-state index in [1.165, 1.54) is 24.4 Å². The van der Waals surface area contributed by atoms with Crippen molar-refractivity contribution in [1.82, 2.24) is 14.7 Å². The Balaban J connectivity index is 2.29. The molecule has 0 bridgehead atoms. The predicted molar refractivity (Wildman–Crippen MR) is 75.3 cm³/mol. The number of nitrogens with one attached hydrogen (secondary N) is 2. The fraction of sp³-hybridized carbons (Fsp3) is 0.231. The van der Waals surface area contributed by atoms with Crippen LogP contribution in [0.2, 0.25) is 0 Å². The number of carbonyl (C=O) groups is 1. The van der Waals surface area contributed by atoms with Crippen LogP contribution in [0.15, 0.2) is 41.6 Å². The minimum absolute atomic E-state index is 0.0797.